The number of rotatable bonds is 9. The summed E-state index contributed by atoms with van der Waals surface area (Å²) in [7, 11) is 3.74. The van der Waals surface area contributed by atoms with Crippen molar-refractivity contribution >= 4 is 34.1 Å². The molecule has 10 nitrogen and oxygen atoms in total. The van der Waals surface area contributed by atoms with E-state index in [0.717, 1.165) is 42.3 Å². The Bertz CT molecular complexity index is 1740. The quantitative estimate of drug-likeness (QED) is 0.167. The van der Waals surface area contributed by atoms with Crippen LogP contribution in [0.25, 0.3) is 10.8 Å². The number of carbonyl (C=O) groups is 2. The average molecular weight is 697 g/mol. The topological polar surface area (TPSA) is 113 Å². The van der Waals surface area contributed by atoms with E-state index in [-0.39, 0.29) is 30.6 Å². The third kappa shape index (κ3) is 10.2. The summed E-state index contributed by atoms with van der Waals surface area (Å²) in [5.41, 5.74) is 2.62. The Kier molecular flexibility index (Phi) is 13.3. The van der Waals surface area contributed by atoms with Gasteiger partial charge in [0.2, 0.25) is 0 Å². The van der Waals surface area contributed by atoms with Crippen molar-refractivity contribution in [3.05, 3.63) is 96.1 Å². The van der Waals surface area contributed by atoms with Gasteiger partial charge in [0.1, 0.15) is 11.5 Å². The van der Waals surface area contributed by atoms with Gasteiger partial charge in [-0.15, -0.1) is 0 Å². The summed E-state index contributed by atoms with van der Waals surface area (Å²) in [6.45, 7) is 8.08. The summed E-state index contributed by atoms with van der Waals surface area (Å²) in [6.07, 6.45) is 2.28. The molecule has 0 aliphatic carbocycles. The van der Waals surface area contributed by atoms with Crippen LogP contribution in [0.15, 0.2) is 84.9 Å². The van der Waals surface area contributed by atoms with Crippen LogP contribution in [0, 0.1) is 5.92 Å². The Balaban J connectivity index is 1.37. The zero-order chi connectivity index (χ0) is 36.3. The second-order valence-electron chi connectivity index (χ2n) is 13.7. The standard InChI is InChI=1S/C41H52N4O6/c1-28-24-45(29(2)27-46)40(47)36-23-33(42-41(48)43-37-15-10-13-32-12-6-7-14-35(32)37)18-21-38(36)51-30(3)11-8-9-22-50-39(28)26-44(4)25-31-16-19-34(49-5)20-17-31/h6-7,10,12-21,23,28-30,39,46H,8-9,11,22,24-27H2,1-5H3,(H2,42,43,48)/t28-,29-,30+,39+/m0/s1. The number of ether oxygens (including phenoxy) is 3. The highest BCUT2D eigenvalue weighted by molar-refractivity contribution is 6.07. The third-order valence-corrected chi connectivity index (χ3v) is 9.45. The maximum atomic E-state index is 14.5. The maximum Gasteiger partial charge on any atom is 0.323 e. The van der Waals surface area contributed by atoms with Gasteiger partial charge in [-0.3, -0.25) is 9.69 Å². The first-order valence-electron chi connectivity index (χ1n) is 17.9. The van der Waals surface area contributed by atoms with E-state index >= 15 is 0 Å². The summed E-state index contributed by atoms with van der Waals surface area (Å²) < 4.78 is 18.2. The number of aliphatic hydroxyl groups excluding tert-OH is 1. The molecule has 1 aliphatic heterocycles. The van der Waals surface area contributed by atoms with Gasteiger partial charge in [0.25, 0.3) is 5.91 Å². The zero-order valence-electron chi connectivity index (χ0n) is 30.4. The number of carbonyl (C=O) groups excluding carboxylic acids is 2. The Morgan fingerprint density at radius 2 is 1.78 bits per heavy atom. The smallest absolute Gasteiger partial charge is 0.323 e. The largest absolute Gasteiger partial charge is 0.497 e. The highest BCUT2D eigenvalue weighted by Gasteiger charge is 2.30. The minimum absolute atomic E-state index is 0.0553. The first-order valence-corrected chi connectivity index (χ1v) is 17.9. The van der Waals surface area contributed by atoms with E-state index in [1.54, 1.807) is 30.2 Å². The lowest BCUT2D eigenvalue weighted by atomic mass is 10.0. The van der Waals surface area contributed by atoms with Gasteiger partial charge in [-0.25, -0.2) is 4.79 Å². The van der Waals surface area contributed by atoms with E-state index in [1.807, 2.05) is 68.4 Å². The molecule has 0 spiro atoms. The van der Waals surface area contributed by atoms with Gasteiger partial charge in [0.05, 0.1) is 43.2 Å². The molecule has 5 rings (SSSR count). The SMILES string of the molecule is COc1ccc(CN(C)C[C@H]2OCCCC[C@@H](C)Oc3ccc(NC(=O)Nc4cccc5ccccc45)cc3C(=O)N([C@@H](C)CO)C[C@@H]2C)cc1. The molecule has 3 N–H and O–H groups in total. The van der Waals surface area contributed by atoms with Crippen LogP contribution in [-0.2, 0) is 11.3 Å². The van der Waals surface area contributed by atoms with Gasteiger partial charge in [-0.05, 0) is 87.5 Å². The number of hydrogen-bond donors (Lipinski definition) is 3. The fraction of sp³-hybridized carbons (Fsp3) is 0.415. The van der Waals surface area contributed by atoms with Gasteiger partial charge in [-0.1, -0.05) is 55.5 Å². The molecule has 4 atom stereocenters. The number of nitrogens with one attached hydrogen (secondary N) is 2. The van der Waals surface area contributed by atoms with E-state index < -0.39 is 12.1 Å². The molecule has 4 aromatic rings. The minimum Gasteiger partial charge on any atom is -0.497 e. The lowest BCUT2D eigenvalue weighted by Crippen LogP contribution is -2.47. The number of urea groups is 1. The van der Waals surface area contributed by atoms with Crippen molar-refractivity contribution in [3.63, 3.8) is 0 Å². The molecule has 0 radical (unpaired) electrons. The molecule has 272 valence electrons. The van der Waals surface area contributed by atoms with Crippen LogP contribution < -0.4 is 20.1 Å². The summed E-state index contributed by atoms with van der Waals surface area (Å²) in [5.74, 6) is 0.923. The number of likely N-dealkylation sites (N-methyl/N-ethyl adjacent to an activating group) is 1. The van der Waals surface area contributed by atoms with Crippen molar-refractivity contribution in [2.75, 3.05) is 51.1 Å². The molecule has 3 amide bonds. The molecule has 0 saturated heterocycles. The summed E-state index contributed by atoms with van der Waals surface area (Å²) in [5, 5.41) is 18.1. The van der Waals surface area contributed by atoms with Crippen LogP contribution in [0.1, 0.15) is 56.0 Å². The van der Waals surface area contributed by atoms with Crippen LogP contribution in [0.2, 0.25) is 0 Å². The Labute approximate surface area is 301 Å². The van der Waals surface area contributed by atoms with E-state index in [2.05, 4.69) is 41.6 Å². The van der Waals surface area contributed by atoms with E-state index in [1.165, 1.54) is 5.56 Å². The Morgan fingerprint density at radius 3 is 2.55 bits per heavy atom. The molecule has 0 bridgehead atoms. The lowest BCUT2D eigenvalue weighted by Gasteiger charge is -2.36. The Morgan fingerprint density at radius 1 is 1.02 bits per heavy atom. The highest BCUT2D eigenvalue weighted by Crippen LogP contribution is 2.29. The molecular formula is C41H52N4O6. The molecule has 1 aliphatic rings. The molecule has 0 unspecified atom stereocenters. The van der Waals surface area contributed by atoms with Crippen LogP contribution >= 0.6 is 0 Å². The number of benzene rings is 4. The summed E-state index contributed by atoms with van der Waals surface area (Å²) >= 11 is 0. The van der Waals surface area contributed by atoms with Gasteiger partial charge >= 0.3 is 6.03 Å². The first kappa shape index (κ1) is 37.6. The molecule has 0 aromatic heterocycles. The van der Waals surface area contributed by atoms with E-state index in [0.29, 0.717) is 42.4 Å². The predicted molar refractivity (Wildman–Crippen MR) is 203 cm³/mol. The van der Waals surface area contributed by atoms with Crippen molar-refractivity contribution < 1.29 is 28.9 Å². The fourth-order valence-corrected chi connectivity index (χ4v) is 6.50. The third-order valence-electron chi connectivity index (χ3n) is 9.45. The van der Waals surface area contributed by atoms with Gasteiger partial charge < -0.3 is 34.9 Å². The van der Waals surface area contributed by atoms with Gasteiger partial charge in [0, 0.05) is 43.2 Å². The number of amides is 3. The molecular weight excluding hydrogens is 644 g/mol. The van der Waals surface area contributed by atoms with Crippen LogP contribution in [0.5, 0.6) is 11.5 Å². The van der Waals surface area contributed by atoms with Gasteiger partial charge in [-0.2, -0.15) is 0 Å². The monoisotopic (exact) mass is 696 g/mol. The molecule has 51 heavy (non-hydrogen) atoms. The number of methoxy groups -OCH3 is 1. The van der Waals surface area contributed by atoms with Crippen LogP contribution in [0.3, 0.4) is 0 Å². The average Bonchev–Trinajstić information content (AvgIpc) is 3.13. The minimum atomic E-state index is -0.470. The van der Waals surface area contributed by atoms with Crippen molar-refractivity contribution in [3.8, 4) is 11.5 Å². The van der Waals surface area contributed by atoms with Crippen molar-refractivity contribution in [1.29, 1.82) is 0 Å². The van der Waals surface area contributed by atoms with Crippen LogP contribution in [0.4, 0.5) is 16.2 Å². The zero-order valence-corrected chi connectivity index (χ0v) is 30.4. The predicted octanol–water partition coefficient (Wildman–Crippen LogP) is 7.42. The normalized spacial score (nSPS) is 19.5. The Hall–Kier alpha value is -4.64. The van der Waals surface area contributed by atoms with Crippen LogP contribution in [-0.4, -0.2) is 85.6 Å². The maximum absolute atomic E-state index is 14.5. The van der Waals surface area contributed by atoms with E-state index in [9.17, 15) is 14.7 Å². The molecule has 1 heterocycles. The number of aliphatic hydroxyl groups is 1. The number of fused-ring (bicyclic) bond motifs is 2. The summed E-state index contributed by atoms with van der Waals surface area (Å²) in [6, 6.07) is 25.9. The fourth-order valence-electron chi connectivity index (χ4n) is 6.50. The van der Waals surface area contributed by atoms with Gasteiger partial charge in [0.15, 0.2) is 0 Å². The molecule has 0 fully saturated rings. The molecule has 4 aromatic carbocycles. The molecule has 10 heteroatoms. The number of hydrogen-bond acceptors (Lipinski definition) is 7. The van der Waals surface area contributed by atoms with Crippen molar-refractivity contribution in [2.45, 2.75) is 64.8 Å². The second kappa shape index (κ2) is 18.0. The highest BCUT2D eigenvalue weighted by atomic mass is 16.5. The number of nitrogens with zero attached hydrogens (tertiary/aromatic N) is 2. The summed E-state index contributed by atoms with van der Waals surface area (Å²) in [4.78, 5) is 31.7. The second-order valence-corrected chi connectivity index (χ2v) is 13.7. The van der Waals surface area contributed by atoms with Crippen molar-refractivity contribution in [2.24, 2.45) is 5.92 Å². The molecule has 0 saturated carbocycles. The van der Waals surface area contributed by atoms with Crippen molar-refractivity contribution in [1.82, 2.24) is 9.80 Å². The van der Waals surface area contributed by atoms with E-state index in [4.69, 9.17) is 14.2 Å². The number of anilines is 2. The lowest BCUT2D eigenvalue weighted by molar-refractivity contribution is -0.0177. The first-order chi connectivity index (χ1) is 24.6.